The maximum Gasteiger partial charge on any atom is 0.274 e. The van der Waals surface area contributed by atoms with Gasteiger partial charge in [0, 0.05) is 17.7 Å². The number of nitrogens with zero attached hydrogens (tertiary/aromatic N) is 2. The summed E-state index contributed by atoms with van der Waals surface area (Å²) >= 11 is 0. The second kappa shape index (κ2) is 6.05. The first-order valence-electron chi connectivity index (χ1n) is 6.61. The monoisotopic (exact) mass is 306 g/mol. The van der Waals surface area contributed by atoms with Crippen molar-refractivity contribution >= 4 is 17.4 Å². The van der Waals surface area contributed by atoms with Gasteiger partial charge in [-0.15, -0.1) is 0 Å². The third-order valence-corrected chi connectivity index (χ3v) is 2.58. The van der Waals surface area contributed by atoms with Crippen molar-refractivity contribution in [3.63, 3.8) is 0 Å². The molecule has 22 heavy (non-hydrogen) atoms. The number of carbonyl (C=O) groups excluding carboxylic acids is 1. The third kappa shape index (κ3) is 4.21. The number of hydrogen-bond acceptors (Lipinski definition) is 4. The van der Waals surface area contributed by atoms with Crippen LogP contribution in [0.25, 0.3) is 0 Å². The number of rotatable bonds is 3. The molecule has 0 spiro atoms. The predicted octanol–water partition coefficient (Wildman–Crippen LogP) is 3.22. The summed E-state index contributed by atoms with van der Waals surface area (Å²) in [5, 5.41) is 5.45. The topological polar surface area (TPSA) is 66.9 Å². The molecular formula is C15H16F2N4O. The van der Waals surface area contributed by atoms with Crippen molar-refractivity contribution in [3.05, 3.63) is 47.9 Å². The maximum absolute atomic E-state index is 13.5. The molecule has 7 heteroatoms. The Morgan fingerprint density at radius 3 is 2.50 bits per heavy atom. The van der Waals surface area contributed by atoms with E-state index < -0.39 is 17.5 Å². The second-order valence-electron chi connectivity index (χ2n) is 5.74. The van der Waals surface area contributed by atoms with Gasteiger partial charge in [-0.3, -0.25) is 4.79 Å². The molecule has 0 bridgehead atoms. The van der Waals surface area contributed by atoms with E-state index in [1.165, 1.54) is 12.4 Å². The SMILES string of the molecule is CC(C)(C)Nc1cc(C(=O)Nc2ccc(F)cc2F)ncn1. The normalized spacial score (nSPS) is 11.1. The number of anilines is 2. The Hall–Kier alpha value is -2.57. The van der Waals surface area contributed by atoms with Gasteiger partial charge in [0.05, 0.1) is 5.69 Å². The summed E-state index contributed by atoms with van der Waals surface area (Å²) in [6.45, 7) is 5.84. The molecule has 1 amide bonds. The molecule has 5 nitrogen and oxygen atoms in total. The van der Waals surface area contributed by atoms with Gasteiger partial charge in [-0.25, -0.2) is 18.7 Å². The smallest absolute Gasteiger partial charge is 0.274 e. The lowest BCUT2D eigenvalue weighted by Gasteiger charge is -2.21. The number of aromatic nitrogens is 2. The molecule has 0 aliphatic heterocycles. The van der Waals surface area contributed by atoms with Gasteiger partial charge in [-0.1, -0.05) is 0 Å². The zero-order chi connectivity index (χ0) is 16.3. The van der Waals surface area contributed by atoms with Crippen molar-refractivity contribution in [1.82, 2.24) is 9.97 Å². The van der Waals surface area contributed by atoms with Gasteiger partial charge in [0.1, 0.15) is 29.5 Å². The van der Waals surface area contributed by atoms with E-state index in [0.717, 1.165) is 12.1 Å². The summed E-state index contributed by atoms with van der Waals surface area (Å²) in [5.74, 6) is -1.69. The molecule has 0 unspecified atom stereocenters. The number of halogens is 2. The summed E-state index contributed by atoms with van der Waals surface area (Å²) < 4.78 is 26.4. The minimum atomic E-state index is -0.851. The van der Waals surface area contributed by atoms with Crippen LogP contribution in [0, 0.1) is 11.6 Å². The van der Waals surface area contributed by atoms with Crippen LogP contribution in [-0.4, -0.2) is 21.4 Å². The summed E-state index contributed by atoms with van der Waals surface area (Å²) in [6.07, 6.45) is 1.24. The van der Waals surface area contributed by atoms with Crippen LogP contribution in [0.2, 0.25) is 0 Å². The van der Waals surface area contributed by atoms with Crippen LogP contribution in [-0.2, 0) is 0 Å². The van der Waals surface area contributed by atoms with Crippen LogP contribution >= 0.6 is 0 Å². The van der Waals surface area contributed by atoms with Crippen molar-refractivity contribution in [1.29, 1.82) is 0 Å². The van der Waals surface area contributed by atoms with E-state index in [0.29, 0.717) is 11.9 Å². The van der Waals surface area contributed by atoms with Crippen molar-refractivity contribution in [3.8, 4) is 0 Å². The fourth-order valence-corrected chi connectivity index (χ4v) is 1.71. The summed E-state index contributed by atoms with van der Waals surface area (Å²) in [5.41, 5.74) is -0.272. The van der Waals surface area contributed by atoms with Gasteiger partial charge < -0.3 is 10.6 Å². The third-order valence-electron chi connectivity index (χ3n) is 2.58. The Morgan fingerprint density at radius 2 is 1.86 bits per heavy atom. The highest BCUT2D eigenvalue weighted by atomic mass is 19.1. The summed E-state index contributed by atoms with van der Waals surface area (Å²) in [6, 6.07) is 4.37. The minimum absolute atomic E-state index is 0.0745. The molecule has 0 saturated heterocycles. The first-order chi connectivity index (χ1) is 10.2. The van der Waals surface area contributed by atoms with E-state index in [1.54, 1.807) is 0 Å². The largest absolute Gasteiger partial charge is 0.365 e. The van der Waals surface area contributed by atoms with E-state index in [9.17, 15) is 13.6 Å². The molecule has 0 saturated carbocycles. The summed E-state index contributed by atoms with van der Waals surface area (Å²) in [4.78, 5) is 19.9. The molecule has 1 aromatic heterocycles. The molecule has 0 aliphatic carbocycles. The van der Waals surface area contributed by atoms with Gasteiger partial charge >= 0.3 is 0 Å². The fourth-order valence-electron chi connectivity index (χ4n) is 1.71. The van der Waals surface area contributed by atoms with Crippen molar-refractivity contribution in [2.24, 2.45) is 0 Å². The van der Waals surface area contributed by atoms with Gasteiger partial charge in [-0.2, -0.15) is 0 Å². The average Bonchev–Trinajstić information content (AvgIpc) is 2.40. The highest BCUT2D eigenvalue weighted by Crippen LogP contribution is 2.17. The van der Waals surface area contributed by atoms with Gasteiger partial charge in [0.15, 0.2) is 0 Å². The van der Waals surface area contributed by atoms with Crippen LogP contribution in [0.1, 0.15) is 31.3 Å². The molecule has 2 aromatic rings. The van der Waals surface area contributed by atoms with Crippen molar-refractivity contribution in [2.75, 3.05) is 10.6 Å². The van der Waals surface area contributed by atoms with Crippen molar-refractivity contribution < 1.29 is 13.6 Å². The zero-order valence-electron chi connectivity index (χ0n) is 12.4. The minimum Gasteiger partial charge on any atom is -0.365 e. The molecule has 1 aromatic carbocycles. The van der Waals surface area contributed by atoms with E-state index >= 15 is 0 Å². The van der Waals surface area contributed by atoms with Gasteiger partial charge in [0.25, 0.3) is 5.91 Å². The van der Waals surface area contributed by atoms with E-state index in [-0.39, 0.29) is 16.9 Å². The predicted molar refractivity (Wildman–Crippen MR) is 79.7 cm³/mol. The molecule has 2 N–H and O–H groups in total. The molecule has 0 atom stereocenters. The Balaban J connectivity index is 2.17. The quantitative estimate of drug-likeness (QED) is 0.913. The Morgan fingerprint density at radius 1 is 1.14 bits per heavy atom. The van der Waals surface area contributed by atoms with Crippen LogP contribution in [0.4, 0.5) is 20.3 Å². The second-order valence-corrected chi connectivity index (χ2v) is 5.74. The standard InChI is InChI=1S/C15H16F2N4O/c1-15(2,3)21-13-7-12(18-8-19-13)14(22)20-11-5-4-9(16)6-10(11)17/h4-8H,1-3H3,(H,20,22)(H,18,19,21). The van der Waals surface area contributed by atoms with Gasteiger partial charge in [-0.05, 0) is 32.9 Å². The lowest BCUT2D eigenvalue weighted by Crippen LogP contribution is -2.27. The molecule has 0 radical (unpaired) electrons. The lowest BCUT2D eigenvalue weighted by atomic mass is 10.1. The number of hydrogen-bond donors (Lipinski definition) is 2. The number of nitrogens with one attached hydrogen (secondary N) is 2. The van der Waals surface area contributed by atoms with Crippen LogP contribution in [0.15, 0.2) is 30.6 Å². The maximum atomic E-state index is 13.5. The first-order valence-corrected chi connectivity index (χ1v) is 6.61. The van der Waals surface area contributed by atoms with E-state index in [1.807, 2.05) is 20.8 Å². The Bertz CT molecular complexity index is 698. The molecule has 116 valence electrons. The zero-order valence-corrected chi connectivity index (χ0v) is 12.4. The molecule has 0 fully saturated rings. The number of benzene rings is 1. The Kier molecular flexibility index (Phi) is 4.35. The molecule has 1 heterocycles. The number of amides is 1. The average molecular weight is 306 g/mol. The van der Waals surface area contributed by atoms with Gasteiger partial charge in [0.2, 0.25) is 0 Å². The molecule has 0 aliphatic rings. The van der Waals surface area contributed by atoms with E-state index in [4.69, 9.17) is 0 Å². The van der Waals surface area contributed by atoms with Crippen LogP contribution in [0.3, 0.4) is 0 Å². The fraction of sp³-hybridized carbons (Fsp3) is 0.267. The lowest BCUT2D eigenvalue weighted by molar-refractivity contribution is 0.102. The number of carbonyl (C=O) groups is 1. The highest BCUT2D eigenvalue weighted by Gasteiger charge is 2.15. The molecule has 2 rings (SSSR count). The Labute approximate surface area is 126 Å². The van der Waals surface area contributed by atoms with Crippen molar-refractivity contribution in [2.45, 2.75) is 26.3 Å². The summed E-state index contributed by atoms with van der Waals surface area (Å²) in [7, 11) is 0. The first kappa shape index (κ1) is 15.8. The highest BCUT2D eigenvalue weighted by molar-refractivity contribution is 6.03. The van der Waals surface area contributed by atoms with Crippen LogP contribution < -0.4 is 10.6 Å². The molecular weight excluding hydrogens is 290 g/mol. The van der Waals surface area contributed by atoms with Crippen LogP contribution in [0.5, 0.6) is 0 Å². The van der Waals surface area contributed by atoms with E-state index in [2.05, 4.69) is 20.6 Å².